The molecule has 5 aromatic carbocycles. The molecule has 5 atom stereocenters. The van der Waals surface area contributed by atoms with Gasteiger partial charge in [-0.3, -0.25) is 0 Å². The van der Waals surface area contributed by atoms with Crippen LogP contribution in [0, 0.1) is 0 Å². The number of benzene rings is 5. The van der Waals surface area contributed by atoms with Gasteiger partial charge in [-0.15, -0.1) is 13.2 Å². The lowest BCUT2D eigenvalue weighted by Gasteiger charge is -2.52. The highest BCUT2D eigenvalue weighted by atomic mass is 35.5. The number of alkyl halides is 3. The van der Waals surface area contributed by atoms with Gasteiger partial charge in [0.15, 0.2) is 8.32 Å². The van der Waals surface area contributed by atoms with Crippen LogP contribution in [0.1, 0.15) is 54.2 Å². The van der Waals surface area contributed by atoms with E-state index in [0.29, 0.717) is 22.6 Å². The van der Waals surface area contributed by atoms with Crippen LogP contribution in [0.2, 0.25) is 23.2 Å². The first-order valence-corrected chi connectivity index (χ1v) is 23.3. The molecule has 0 spiro atoms. The number of hydrogen-bond acceptors (Lipinski definition) is 7. The number of rotatable bonds is 17. The van der Waals surface area contributed by atoms with Gasteiger partial charge in [-0.2, -0.15) is 0 Å². The van der Waals surface area contributed by atoms with Crippen molar-refractivity contribution in [3.8, 4) is 5.75 Å². The molecule has 320 valence electrons. The first-order chi connectivity index (χ1) is 28.6. The predicted molar refractivity (Wildman–Crippen MR) is 229 cm³/mol. The molecule has 12 heteroatoms. The molecule has 1 unspecified atom stereocenters. The maximum Gasteiger partial charge on any atom is 0.573 e. The number of halogens is 4. The van der Waals surface area contributed by atoms with Crippen molar-refractivity contribution >= 4 is 19.9 Å². The van der Waals surface area contributed by atoms with Crippen molar-refractivity contribution in [1.82, 2.24) is 0 Å². The van der Waals surface area contributed by atoms with E-state index in [9.17, 15) is 13.2 Å². The van der Waals surface area contributed by atoms with E-state index in [4.69, 9.17) is 39.7 Å². The third-order valence-electron chi connectivity index (χ3n) is 11.3. The van der Waals surface area contributed by atoms with Crippen LogP contribution >= 0.6 is 11.6 Å². The Labute approximate surface area is 357 Å². The minimum atomic E-state index is -4.80. The summed E-state index contributed by atoms with van der Waals surface area (Å²) in [5, 5.41) is 0.365. The highest BCUT2D eigenvalue weighted by Gasteiger charge is 2.59. The van der Waals surface area contributed by atoms with Gasteiger partial charge in [0.2, 0.25) is 5.79 Å². The summed E-state index contributed by atoms with van der Waals surface area (Å²) in [6.07, 6.45) is -7.58. The molecule has 60 heavy (non-hydrogen) atoms. The Kier molecular flexibility index (Phi) is 15.0. The normalized spacial score (nSPS) is 21.2. The summed E-state index contributed by atoms with van der Waals surface area (Å²) >= 11 is 6.86. The lowest BCUT2D eigenvalue weighted by atomic mass is 9.86. The second kappa shape index (κ2) is 19.8. The van der Waals surface area contributed by atoms with Crippen LogP contribution in [0.4, 0.5) is 13.2 Å². The summed E-state index contributed by atoms with van der Waals surface area (Å²) in [5.74, 6) is -1.90. The van der Waals surface area contributed by atoms with Gasteiger partial charge >= 0.3 is 6.36 Å². The third-order valence-corrected chi connectivity index (χ3v) is 16.1. The van der Waals surface area contributed by atoms with Crippen LogP contribution in [0.25, 0.3) is 0 Å². The standard InChI is InChI=1S/C48H54ClF3O7Si/c1-46(2,3)60(5,6)57-33-42-43(54-30-35-16-10-7-11-17-35)44(55-31-36-18-12-8-13-19-36)45(56-32-37-20-14-9-15-21-37)47(53-4,59-42)39-24-27-41(49)38(29-39)28-34-22-25-40(26-23-34)58-48(50,51)52/h7-27,29,42-45H,28,30-33H2,1-6H3/t42-,43-,44?,45-,47+/m1/s1. The smallest absolute Gasteiger partial charge is 0.414 e. The molecule has 0 radical (unpaired) electrons. The van der Waals surface area contributed by atoms with Gasteiger partial charge in [0.25, 0.3) is 0 Å². The van der Waals surface area contributed by atoms with Gasteiger partial charge in [-0.1, -0.05) is 142 Å². The second-order valence-corrected chi connectivity index (χ2v) is 21.7. The van der Waals surface area contributed by atoms with E-state index >= 15 is 0 Å². The van der Waals surface area contributed by atoms with E-state index in [1.165, 1.54) is 12.1 Å². The van der Waals surface area contributed by atoms with E-state index in [1.54, 1.807) is 25.3 Å². The Balaban J connectivity index is 1.46. The topological polar surface area (TPSA) is 64.6 Å². The largest absolute Gasteiger partial charge is 0.573 e. The van der Waals surface area contributed by atoms with Crippen LogP contribution in [0.5, 0.6) is 5.75 Å². The van der Waals surface area contributed by atoms with Crippen molar-refractivity contribution < 1.29 is 46.0 Å². The molecule has 1 saturated heterocycles. The van der Waals surface area contributed by atoms with E-state index in [1.807, 2.05) is 103 Å². The Morgan fingerprint density at radius 3 is 1.68 bits per heavy atom. The summed E-state index contributed by atoms with van der Waals surface area (Å²) in [7, 11) is -0.744. The van der Waals surface area contributed by atoms with Gasteiger partial charge in [-0.25, -0.2) is 0 Å². The lowest BCUT2D eigenvalue weighted by Crippen LogP contribution is -2.66. The van der Waals surface area contributed by atoms with Crippen molar-refractivity contribution in [2.75, 3.05) is 13.7 Å². The van der Waals surface area contributed by atoms with E-state index < -0.39 is 44.9 Å². The Morgan fingerprint density at radius 1 is 0.667 bits per heavy atom. The summed E-state index contributed by atoms with van der Waals surface area (Å²) in [5.41, 5.74) is 4.89. The third kappa shape index (κ3) is 11.7. The monoisotopic (exact) mass is 862 g/mol. The minimum Gasteiger partial charge on any atom is -0.414 e. The van der Waals surface area contributed by atoms with E-state index in [0.717, 1.165) is 22.3 Å². The van der Waals surface area contributed by atoms with Crippen molar-refractivity contribution in [1.29, 1.82) is 0 Å². The van der Waals surface area contributed by atoms with Gasteiger partial charge in [0.05, 0.1) is 26.4 Å². The fourth-order valence-electron chi connectivity index (χ4n) is 6.95. The predicted octanol–water partition coefficient (Wildman–Crippen LogP) is 11.8. The lowest BCUT2D eigenvalue weighted by molar-refractivity contribution is -0.384. The van der Waals surface area contributed by atoms with Crippen molar-refractivity contribution in [3.05, 3.63) is 172 Å². The molecule has 0 amide bonds. The quantitative estimate of drug-likeness (QED) is 0.0863. The Bertz CT molecular complexity index is 2080. The first-order valence-electron chi connectivity index (χ1n) is 20.0. The summed E-state index contributed by atoms with van der Waals surface area (Å²) in [6.45, 7) is 11.9. The zero-order valence-corrected chi connectivity index (χ0v) is 36.7. The summed E-state index contributed by atoms with van der Waals surface area (Å²) < 4.78 is 84.5. The van der Waals surface area contributed by atoms with Gasteiger partial charge in [0.1, 0.15) is 30.2 Å². The molecular formula is C48H54ClF3O7Si. The second-order valence-electron chi connectivity index (χ2n) is 16.5. The molecular weight excluding hydrogens is 809 g/mol. The SMILES string of the molecule is CO[C@@]1(c2ccc(Cl)c(Cc3ccc(OC(F)(F)F)cc3)c2)O[C@H](CO[Si](C)(C)C(C)(C)C)[C@@H](OCc2ccccc2)C(OCc2ccccc2)[C@H]1OCc1ccccc1. The van der Waals surface area contributed by atoms with E-state index in [2.05, 4.69) is 38.6 Å². The molecule has 6 rings (SSSR count). The maximum absolute atomic E-state index is 12.9. The fourth-order valence-corrected chi connectivity index (χ4v) is 8.15. The zero-order chi connectivity index (χ0) is 43.0. The van der Waals surface area contributed by atoms with Gasteiger partial charge < -0.3 is 32.8 Å². The fraction of sp³-hybridized carbons (Fsp3) is 0.375. The molecule has 5 aromatic rings. The summed E-state index contributed by atoms with van der Waals surface area (Å²) in [6, 6.07) is 40.9. The van der Waals surface area contributed by atoms with E-state index in [-0.39, 0.29) is 37.2 Å². The van der Waals surface area contributed by atoms with Crippen LogP contribution in [-0.2, 0) is 60.1 Å². The average molecular weight is 863 g/mol. The van der Waals surface area contributed by atoms with Gasteiger partial charge in [0, 0.05) is 17.7 Å². The minimum absolute atomic E-state index is 0.0902. The molecule has 7 nitrogen and oxygen atoms in total. The summed E-state index contributed by atoms with van der Waals surface area (Å²) in [4.78, 5) is 0. The van der Waals surface area contributed by atoms with Crippen LogP contribution in [0.3, 0.4) is 0 Å². The molecule has 0 N–H and O–H groups in total. The molecule has 1 fully saturated rings. The Morgan fingerprint density at radius 2 is 1.18 bits per heavy atom. The van der Waals surface area contributed by atoms with Crippen molar-refractivity contribution in [2.24, 2.45) is 0 Å². The number of ether oxygens (including phenoxy) is 6. The number of hydrogen-bond donors (Lipinski definition) is 0. The molecule has 0 bridgehead atoms. The molecule has 0 saturated carbocycles. The molecule has 1 heterocycles. The highest BCUT2D eigenvalue weighted by Crippen LogP contribution is 2.46. The average Bonchev–Trinajstić information content (AvgIpc) is 3.22. The molecule has 1 aliphatic rings. The molecule has 0 aliphatic carbocycles. The van der Waals surface area contributed by atoms with Crippen molar-refractivity contribution in [3.63, 3.8) is 0 Å². The maximum atomic E-state index is 12.9. The molecule has 1 aliphatic heterocycles. The highest BCUT2D eigenvalue weighted by molar-refractivity contribution is 6.74. The van der Waals surface area contributed by atoms with Crippen molar-refractivity contribution in [2.45, 2.75) is 102 Å². The Hall–Kier alpha value is -4.04. The zero-order valence-electron chi connectivity index (χ0n) is 34.9. The molecule has 0 aromatic heterocycles. The van der Waals surface area contributed by atoms with Crippen LogP contribution in [-0.4, -0.2) is 52.8 Å². The number of methoxy groups -OCH3 is 1. The van der Waals surface area contributed by atoms with Crippen LogP contribution in [0.15, 0.2) is 133 Å². The first kappa shape index (κ1) is 45.5. The van der Waals surface area contributed by atoms with Gasteiger partial charge in [-0.05, 0) is 76.6 Å². The van der Waals surface area contributed by atoms with Crippen LogP contribution < -0.4 is 4.74 Å².